The van der Waals surface area contributed by atoms with Crippen molar-refractivity contribution in [3.63, 3.8) is 0 Å². The molecule has 0 amide bonds. The van der Waals surface area contributed by atoms with Crippen LogP contribution in [0.3, 0.4) is 0 Å². The smallest absolute Gasteiger partial charge is 0.417 e. The van der Waals surface area contributed by atoms with Gasteiger partial charge >= 0.3 is 12.1 Å². The summed E-state index contributed by atoms with van der Waals surface area (Å²) in [6.07, 6.45) is -4.71. The molecule has 1 aliphatic rings. The lowest BCUT2D eigenvalue weighted by atomic mass is 10.0. The lowest BCUT2D eigenvalue weighted by molar-refractivity contribution is -0.146. The summed E-state index contributed by atoms with van der Waals surface area (Å²) >= 11 is 0. The van der Waals surface area contributed by atoms with Crippen molar-refractivity contribution < 1.29 is 22.7 Å². The molecule has 10 heteroatoms. The van der Waals surface area contributed by atoms with E-state index in [1.54, 1.807) is 38.9 Å². The highest BCUT2D eigenvalue weighted by molar-refractivity contribution is 5.69. The predicted octanol–water partition coefficient (Wildman–Crippen LogP) is 4.96. The van der Waals surface area contributed by atoms with Gasteiger partial charge in [-0.05, 0) is 43.2 Å². The molecule has 2 aromatic carbocycles. The first kappa shape index (κ1) is 26.2. The van der Waals surface area contributed by atoms with Gasteiger partial charge in [-0.25, -0.2) is 4.98 Å². The van der Waals surface area contributed by atoms with E-state index >= 15 is 0 Å². The maximum Gasteiger partial charge on any atom is 0.417 e. The van der Waals surface area contributed by atoms with Crippen LogP contribution in [0.5, 0.6) is 0 Å². The predicted molar refractivity (Wildman–Crippen MR) is 136 cm³/mol. The van der Waals surface area contributed by atoms with Crippen LogP contribution in [0, 0.1) is 6.92 Å². The number of aromatic nitrogens is 2. The topological polar surface area (TPSA) is 76.5 Å². The zero-order chi connectivity index (χ0) is 27.1. The minimum absolute atomic E-state index is 0.0588. The number of carbonyl (C=O) groups is 1. The molecule has 4 rings (SSSR count). The first-order valence-electron chi connectivity index (χ1n) is 11.9. The standard InChI is InChI=1S/C27H29F3N4O3/c1-6-34-25(20-12-11-18(33(4)5)14-21(20)27(28,29)30)31-15(2)23(26(34)36)32-24-19-10-8-7-9-17(19)13-22(24)37-16(3)35/h7-12,14,22,24,32H,6,13H2,1-5H3/t22-,24+/m0/s1. The van der Waals surface area contributed by atoms with Crippen LogP contribution in [0.25, 0.3) is 11.4 Å². The molecule has 1 N–H and O–H groups in total. The Morgan fingerprint density at radius 2 is 1.92 bits per heavy atom. The van der Waals surface area contributed by atoms with Crippen LogP contribution in [-0.2, 0) is 28.7 Å². The second-order valence-electron chi connectivity index (χ2n) is 9.24. The number of nitrogens with one attached hydrogen (secondary N) is 1. The van der Waals surface area contributed by atoms with Crippen molar-refractivity contribution in [2.75, 3.05) is 24.3 Å². The third-order valence-electron chi connectivity index (χ3n) is 6.53. The van der Waals surface area contributed by atoms with Gasteiger partial charge < -0.3 is 15.0 Å². The maximum absolute atomic E-state index is 14.1. The molecule has 0 saturated carbocycles. The Bertz CT molecular complexity index is 1400. The first-order chi connectivity index (χ1) is 17.4. The molecule has 37 heavy (non-hydrogen) atoms. The number of ether oxygens (including phenoxy) is 1. The number of halogens is 3. The van der Waals surface area contributed by atoms with Gasteiger partial charge in [-0.1, -0.05) is 24.3 Å². The van der Waals surface area contributed by atoms with Gasteiger partial charge in [0.1, 0.15) is 17.6 Å². The quantitative estimate of drug-likeness (QED) is 0.469. The molecule has 3 aromatic rings. The maximum atomic E-state index is 14.1. The second kappa shape index (κ2) is 9.91. The molecule has 1 aromatic heterocycles. The summed E-state index contributed by atoms with van der Waals surface area (Å²) in [6.45, 7) is 4.69. The van der Waals surface area contributed by atoms with Crippen LogP contribution in [0.4, 0.5) is 24.5 Å². The SMILES string of the molecule is CCn1c(-c2ccc(N(C)C)cc2C(F)(F)F)nc(C)c(N[C@@H]2c3ccccc3C[C@@H]2OC(C)=O)c1=O. The summed E-state index contributed by atoms with van der Waals surface area (Å²) < 4.78 is 49.0. The van der Waals surface area contributed by atoms with E-state index < -0.39 is 35.4 Å². The summed E-state index contributed by atoms with van der Waals surface area (Å²) in [5, 5.41) is 3.21. The fourth-order valence-corrected chi connectivity index (χ4v) is 4.77. The fourth-order valence-electron chi connectivity index (χ4n) is 4.77. The minimum atomic E-state index is -4.65. The van der Waals surface area contributed by atoms with Gasteiger partial charge in [0.15, 0.2) is 0 Å². The average molecular weight is 515 g/mol. The van der Waals surface area contributed by atoms with Gasteiger partial charge in [0.2, 0.25) is 0 Å². The number of nitrogens with zero attached hydrogens (tertiary/aromatic N) is 3. The third-order valence-corrected chi connectivity index (χ3v) is 6.53. The van der Waals surface area contributed by atoms with Crippen LogP contribution >= 0.6 is 0 Å². The van der Waals surface area contributed by atoms with Crippen LogP contribution in [0.1, 0.15) is 42.3 Å². The van der Waals surface area contributed by atoms with Gasteiger partial charge in [-0.2, -0.15) is 13.2 Å². The molecule has 7 nitrogen and oxygen atoms in total. The summed E-state index contributed by atoms with van der Waals surface area (Å²) in [4.78, 5) is 31.5. The van der Waals surface area contributed by atoms with Crippen LogP contribution in [0.15, 0.2) is 47.3 Å². The Hall–Kier alpha value is -3.82. The van der Waals surface area contributed by atoms with Crippen molar-refractivity contribution in [2.24, 2.45) is 0 Å². The number of alkyl halides is 3. The number of esters is 1. The molecule has 0 radical (unpaired) electrons. The molecule has 0 spiro atoms. The van der Waals surface area contributed by atoms with Crippen molar-refractivity contribution in [1.82, 2.24) is 9.55 Å². The van der Waals surface area contributed by atoms with E-state index in [-0.39, 0.29) is 29.3 Å². The lowest BCUT2D eigenvalue weighted by Gasteiger charge is -2.25. The minimum Gasteiger partial charge on any atom is -0.460 e. The Morgan fingerprint density at radius 1 is 1.22 bits per heavy atom. The van der Waals surface area contributed by atoms with Crippen molar-refractivity contribution in [2.45, 2.75) is 52.1 Å². The van der Waals surface area contributed by atoms with Gasteiger partial charge in [0.05, 0.1) is 17.3 Å². The molecule has 1 aliphatic carbocycles. The monoisotopic (exact) mass is 514 g/mol. The highest BCUT2D eigenvalue weighted by atomic mass is 19.4. The van der Waals surface area contributed by atoms with Crippen molar-refractivity contribution in [3.8, 4) is 11.4 Å². The van der Waals surface area contributed by atoms with Crippen molar-refractivity contribution in [1.29, 1.82) is 0 Å². The van der Waals surface area contributed by atoms with Crippen molar-refractivity contribution >= 4 is 17.3 Å². The normalized spacial score (nSPS) is 16.9. The Labute approximate surface area is 212 Å². The molecule has 0 saturated heterocycles. The van der Waals surface area contributed by atoms with Gasteiger partial charge in [0.25, 0.3) is 5.56 Å². The number of hydrogen-bond acceptors (Lipinski definition) is 6. The van der Waals surface area contributed by atoms with Crippen LogP contribution in [-0.4, -0.2) is 35.7 Å². The van der Waals surface area contributed by atoms with E-state index in [1.807, 2.05) is 24.3 Å². The van der Waals surface area contributed by atoms with E-state index in [9.17, 15) is 22.8 Å². The Kier molecular flexibility index (Phi) is 7.03. The molecule has 0 fully saturated rings. The highest BCUT2D eigenvalue weighted by Crippen LogP contribution is 2.39. The number of anilines is 2. The highest BCUT2D eigenvalue weighted by Gasteiger charge is 2.37. The Morgan fingerprint density at radius 3 is 2.54 bits per heavy atom. The summed E-state index contributed by atoms with van der Waals surface area (Å²) in [5.74, 6) is -0.502. The zero-order valence-corrected chi connectivity index (χ0v) is 21.3. The third kappa shape index (κ3) is 5.05. The second-order valence-corrected chi connectivity index (χ2v) is 9.24. The van der Waals surface area contributed by atoms with E-state index in [0.29, 0.717) is 12.1 Å². The average Bonchev–Trinajstić information content (AvgIpc) is 3.16. The number of carbonyl (C=O) groups excluding carboxylic acids is 1. The number of benzene rings is 2. The first-order valence-corrected chi connectivity index (χ1v) is 11.9. The molecular formula is C27H29F3N4O3. The molecule has 0 unspecified atom stereocenters. The molecule has 0 aliphatic heterocycles. The van der Waals surface area contributed by atoms with E-state index in [4.69, 9.17) is 4.74 Å². The molecule has 2 atom stereocenters. The Balaban J connectivity index is 1.83. The van der Waals surface area contributed by atoms with Gasteiger partial charge in [0, 0.05) is 45.2 Å². The largest absolute Gasteiger partial charge is 0.460 e. The fraction of sp³-hybridized carbons (Fsp3) is 0.370. The summed E-state index contributed by atoms with van der Waals surface area (Å²) in [7, 11) is 3.31. The van der Waals surface area contributed by atoms with E-state index in [0.717, 1.165) is 17.2 Å². The molecule has 196 valence electrons. The molecular weight excluding hydrogens is 485 g/mol. The van der Waals surface area contributed by atoms with Gasteiger partial charge in [-0.3, -0.25) is 14.2 Å². The lowest BCUT2D eigenvalue weighted by Crippen LogP contribution is -2.32. The van der Waals surface area contributed by atoms with E-state index in [2.05, 4.69) is 10.3 Å². The van der Waals surface area contributed by atoms with Crippen LogP contribution < -0.4 is 15.8 Å². The van der Waals surface area contributed by atoms with Crippen LogP contribution in [0.2, 0.25) is 0 Å². The number of rotatable bonds is 6. The number of fused-ring (bicyclic) bond motifs is 1. The molecule has 0 bridgehead atoms. The number of hydrogen-bond donors (Lipinski definition) is 1. The molecule has 1 heterocycles. The van der Waals surface area contributed by atoms with Crippen molar-refractivity contribution in [3.05, 3.63) is 75.2 Å². The van der Waals surface area contributed by atoms with Gasteiger partial charge in [-0.15, -0.1) is 0 Å². The summed E-state index contributed by atoms with van der Waals surface area (Å²) in [5.41, 5.74) is 1.12. The summed E-state index contributed by atoms with van der Waals surface area (Å²) in [6, 6.07) is 11.0. The zero-order valence-electron chi connectivity index (χ0n) is 21.3. The van der Waals surface area contributed by atoms with E-state index in [1.165, 1.54) is 17.6 Å². The number of aryl methyl sites for hydroxylation is 1.